The highest BCUT2D eigenvalue weighted by Crippen LogP contribution is 2.89. The lowest BCUT2D eigenvalue weighted by molar-refractivity contribution is -0.143. The average molecular weight is 1040 g/mol. The Kier molecular flexibility index (Phi) is 17.9. The number of fused-ring (bicyclic) bond motifs is 2. The number of hydrogen-bond acceptors (Lipinski definition) is 11. The number of carbonyl (C=O) groups excluding carboxylic acids is 5. The third kappa shape index (κ3) is 10.3. The first kappa shape index (κ1) is 59.8. The summed E-state index contributed by atoms with van der Waals surface area (Å²) in [7, 11) is 3.45. The number of halogens is 1. The van der Waals surface area contributed by atoms with Crippen molar-refractivity contribution in [2.45, 2.75) is 220 Å². The maximum atomic E-state index is 13.9. The van der Waals surface area contributed by atoms with E-state index in [-0.39, 0.29) is 68.7 Å². The highest BCUT2D eigenvalue weighted by molar-refractivity contribution is 5.92. The average Bonchev–Trinajstić information content (AvgIpc) is 3.53. The summed E-state index contributed by atoms with van der Waals surface area (Å²) in [5, 5.41) is 44.6. The molecule has 8 rings (SSSR count). The summed E-state index contributed by atoms with van der Waals surface area (Å²) in [6, 6.07) is -3.05. The molecule has 72 heavy (non-hydrogen) atoms. The SMILES string of the molecule is CC1(C)C2(CCC2)[C@]12CN[C@H](C(=O)NC(CC1CCC1)C(O)C(N)=O)C2.CN[C@H](C(=O)N1C[C@]2(C[C@H]1C(=O)NC(CC1CCC1)C(O)C(N)=O)C(C)(C)C21CCC1)C(C)(C)C.CN[C@H](C(=O)O)C(C)(C)C.Cl. The topological polar surface area (TPSA) is 279 Å². The van der Waals surface area contributed by atoms with Gasteiger partial charge in [0.1, 0.15) is 12.1 Å². The van der Waals surface area contributed by atoms with E-state index in [1.165, 1.54) is 32.1 Å². The first-order valence-electron chi connectivity index (χ1n) is 27.0. The molecule has 412 valence electrons. The molecule has 0 aromatic heterocycles. The molecule has 0 radical (unpaired) electrons. The van der Waals surface area contributed by atoms with Crippen molar-refractivity contribution < 1.29 is 44.1 Å². The summed E-state index contributed by atoms with van der Waals surface area (Å²) in [4.78, 5) is 76.2. The van der Waals surface area contributed by atoms with Gasteiger partial charge in [-0.05, 0) is 115 Å². The van der Waals surface area contributed by atoms with Crippen LogP contribution in [0.15, 0.2) is 0 Å². The number of likely N-dealkylation sites (tertiary alicyclic amines) is 1. The summed E-state index contributed by atoms with van der Waals surface area (Å²) in [5.41, 5.74) is 11.3. The minimum Gasteiger partial charge on any atom is -0.480 e. The van der Waals surface area contributed by atoms with Crippen molar-refractivity contribution >= 4 is 47.9 Å². The zero-order valence-electron chi connectivity index (χ0n) is 45.8. The number of carboxylic acids is 1. The fraction of sp³-hybridized carbons (Fsp3) is 0.889. The number of aliphatic hydroxyl groups is 2. The van der Waals surface area contributed by atoms with E-state index in [1.807, 2.05) is 41.5 Å². The molecule has 0 aromatic rings. The predicted molar refractivity (Wildman–Crippen MR) is 279 cm³/mol. The van der Waals surface area contributed by atoms with Gasteiger partial charge in [0.2, 0.25) is 29.5 Å². The molecule has 0 bridgehead atoms. The van der Waals surface area contributed by atoms with Crippen molar-refractivity contribution in [3.63, 3.8) is 0 Å². The molecule has 8 fully saturated rings. The molecule has 8 aliphatic rings. The van der Waals surface area contributed by atoms with E-state index in [2.05, 4.69) is 54.3 Å². The Balaban J connectivity index is 0.000000228. The van der Waals surface area contributed by atoms with Gasteiger partial charge in [-0.15, -0.1) is 12.4 Å². The van der Waals surface area contributed by atoms with Gasteiger partial charge in [-0.2, -0.15) is 0 Å². The molecule has 12 N–H and O–H groups in total. The van der Waals surface area contributed by atoms with Gasteiger partial charge in [-0.1, -0.05) is 121 Å². The molecule has 4 unspecified atom stereocenters. The molecule has 10 atom stereocenters. The van der Waals surface area contributed by atoms with E-state index in [9.17, 15) is 39.0 Å². The number of nitrogens with zero attached hydrogens (tertiary/aromatic N) is 1. The largest absolute Gasteiger partial charge is 0.480 e. The van der Waals surface area contributed by atoms with Gasteiger partial charge in [0.05, 0.1) is 24.2 Å². The first-order valence-corrected chi connectivity index (χ1v) is 27.0. The lowest BCUT2D eigenvalue weighted by Crippen LogP contribution is -2.58. The lowest BCUT2D eigenvalue weighted by Gasteiger charge is -2.36. The monoisotopic (exact) mass is 1030 g/mol. The Morgan fingerprint density at radius 2 is 1.06 bits per heavy atom. The van der Waals surface area contributed by atoms with Gasteiger partial charge in [0.25, 0.3) is 0 Å². The van der Waals surface area contributed by atoms with Crippen LogP contribution < -0.4 is 38.1 Å². The van der Waals surface area contributed by atoms with E-state index in [0.717, 1.165) is 57.9 Å². The van der Waals surface area contributed by atoms with Crippen LogP contribution in [0.1, 0.15) is 172 Å². The summed E-state index contributed by atoms with van der Waals surface area (Å²) in [6.45, 7) is 22.5. The lowest BCUT2D eigenvalue weighted by atomic mass is 9.73. The minimum atomic E-state index is -1.44. The van der Waals surface area contributed by atoms with E-state index in [0.29, 0.717) is 48.5 Å². The number of carbonyl (C=O) groups is 6. The number of primary amides is 2. The molecule has 2 aliphatic heterocycles. The number of carboxylic acid groups (broad SMARTS) is 1. The van der Waals surface area contributed by atoms with Crippen LogP contribution in [0.25, 0.3) is 0 Å². The zero-order chi connectivity index (χ0) is 53.1. The molecule has 6 saturated carbocycles. The van der Waals surface area contributed by atoms with Crippen LogP contribution >= 0.6 is 12.4 Å². The van der Waals surface area contributed by atoms with Crippen molar-refractivity contribution in [3.8, 4) is 0 Å². The quantitative estimate of drug-likeness (QED) is 0.105. The maximum absolute atomic E-state index is 13.9. The Morgan fingerprint density at radius 1 is 0.639 bits per heavy atom. The Labute approximate surface area is 436 Å². The van der Waals surface area contributed by atoms with E-state index in [4.69, 9.17) is 16.6 Å². The van der Waals surface area contributed by atoms with Crippen molar-refractivity contribution in [1.29, 1.82) is 0 Å². The molecule has 2 heterocycles. The second kappa shape index (κ2) is 21.5. The Morgan fingerprint density at radius 3 is 1.36 bits per heavy atom. The van der Waals surface area contributed by atoms with Crippen LogP contribution in [0, 0.1) is 55.2 Å². The van der Waals surface area contributed by atoms with Crippen molar-refractivity contribution in [1.82, 2.24) is 31.5 Å². The number of nitrogens with one attached hydrogen (secondary N) is 5. The molecule has 5 amide bonds. The van der Waals surface area contributed by atoms with Crippen molar-refractivity contribution in [3.05, 3.63) is 0 Å². The van der Waals surface area contributed by atoms with Crippen LogP contribution in [0.5, 0.6) is 0 Å². The summed E-state index contributed by atoms with van der Waals surface area (Å²) >= 11 is 0. The highest BCUT2D eigenvalue weighted by Gasteiger charge is 2.86. The normalized spacial score (nSPS) is 30.4. The number of nitrogens with two attached hydrogens (primary N) is 2. The molecule has 18 heteroatoms. The van der Waals surface area contributed by atoms with Crippen molar-refractivity contribution in [2.24, 2.45) is 66.6 Å². The number of likely N-dealkylation sites (N-methyl/N-ethyl adjacent to an activating group) is 2. The number of aliphatic carboxylic acids is 1. The van der Waals surface area contributed by atoms with Crippen LogP contribution in [0.3, 0.4) is 0 Å². The van der Waals surface area contributed by atoms with Crippen molar-refractivity contribution in [2.75, 3.05) is 27.2 Å². The molecular weight excluding hydrogens is 940 g/mol. The summed E-state index contributed by atoms with van der Waals surface area (Å²) in [6.07, 6.45) is 13.8. The Bertz CT molecular complexity index is 2010. The molecule has 2 saturated heterocycles. The zero-order valence-corrected chi connectivity index (χ0v) is 46.6. The van der Waals surface area contributed by atoms with Gasteiger partial charge in [-0.25, -0.2) is 0 Å². The number of aliphatic hydroxyl groups excluding tert-OH is 2. The number of amides is 5. The molecule has 6 aliphatic carbocycles. The van der Waals surface area contributed by atoms with Crippen LogP contribution in [-0.2, 0) is 28.8 Å². The van der Waals surface area contributed by atoms with Gasteiger partial charge >= 0.3 is 5.97 Å². The van der Waals surface area contributed by atoms with Gasteiger partial charge in [0, 0.05) is 18.5 Å². The Hall–Kier alpha value is -3.09. The second-order valence-electron chi connectivity index (χ2n) is 26.6. The molecule has 0 aromatic carbocycles. The second-order valence-corrected chi connectivity index (χ2v) is 26.6. The third-order valence-corrected chi connectivity index (χ3v) is 20.8. The third-order valence-electron chi connectivity index (χ3n) is 20.8. The summed E-state index contributed by atoms with van der Waals surface area (Å²) < 4.78 is 0. The molecular formula is C54H95ClN8O9. The summed E-state index contributed by atoms with van der Waals surface area (Å²) in [5.74, 6) is -1.97. The van der Waals surface area contributed by atoms with E-state index >= 15 is 0 Å². The standard InChI is InChI=1S/C27H46N4O4.C20H33N3O3.C7H15NO2.ClH/c1-24(2,3)20(29-6)23(35)31-15-27(25(4,5)26(27)11-8-12-26)14-18(31)22(34)30-17(19(32)21(28)33)13-16-9-7-10-16;1-18(2)19(7-4-8-19)20(18)10-14(22-11-20)17(26)23-13(15(24)16(21)25)9-12-5-3-6-12;1-7(2,3)5(8-4)6(9)10;/h16-20,29,32H,7-15H2,1-6H3,(H2,28,33)(H,30,34);12-15,22,24H,3-11H2,1-2H3,(H2,21,25)(H,23,26);5,8H,1-4H3,(H,9,10);1H/t17?,18-,19?,20+,27+;13?,14-,15?,20+;5-;/m001./s1. The fourth-order valence-corrected chi connectivity index (χ4v) is 15.5. The fourth-order valence-electron chi connectivity index (χ4n) is 15.5. The first-order chi connectivity index (χ1) is 32.9. The van der Waals surface area contributed by atoms with Gasteiger partial charge in [-0.3, -0.25) is 28.8 Å². The predicted octanol–water partition coefficient (Wildman–Crippen LogP) is 4.13. The minimum absolute atomic E-state index is 0. The van der Waals surface area contributed by atoms with Gasteiger partial charge < -0.3 is 58.3 Å². The smallest absolute Gasteiger partial charge is 0.321 e. The number of rotatable bonds is 16. The van der Waals surface area contributed by atoms with Crippen LogP contribution in [-0.4, -0.2) is 131 Å². The number of hydrogen-bond donors (Lipinski definition) is 10. The van der Waals surface area contributed by atoms with E-state index < -0.39 is 60.2 Å². The molecule has 4 spiro atoms. The van der Waals surface area contributed by atoms with Crippen LogP contribution in [0.4, 0.5) is 0 Å². The molecule has 17 nitrogen and oxygen atoms in total. The van der Waals surface area contributed by atoms with Gasteiger partial charge in [0.15, 0.2) is 12.2 Å². The maximum Gasteiger partial charge on any atom is 0.321 e. The highest BCUT2D eigenvalue weighted by atomic mass is 35.5. The van der Waals surface area contributed by atoms with E-state index in [1.54, 1.807) is 19.0 Å². The van der Waals surface area contributed by atoms with Crippen LogP contribution in [0.2, 0.25) is 0 Å².